The molecule has 2 atom stereocenters. The van der Waals surface area contributed by atoms with Gasteiger partial charge in [-0.3, -0.25) is 4.79 Å². The first-order chi connectivity index (χ1) is 7.50. The molecular weight excluding hydrogens is 200 g/mol. The maximum absolute atomic E-state index is 10.9. The molecule has 0 fully saturated rings. The number of rotatable bonds is 4. The number of esters is 1. The Hall–Kier alpha value is -1.05. The molecule has 0 aromatic carbocycles. The van der Waals surface area contributed by atoms with Gasteiger partial charge in [-0.25, -0.2) is 0 Å². The summed E-state index contributed by atoms with van der Waals surface area (Å²) in [5.41, 5.74) is 1.50. The van der Waals surface area contributed by atoms with E-state index in [-0.39, 0.29) is 11.4 Å². The van der Waals surface area contributed by atoms with Crippen molar-refractivity contribution in [3.05, 3.63) is 24.3 Å². The van der Waals surface area contributed by atoms with Crippen LogP contribution in [0, 0.1) is 11.3 Å². The van der Waals surface area contributed by atoms with E-state index in [0.717, 1.165) is 19.3 Å². The molecule has 90 valence electrons. The molecule has 1 aliphatic rings. The highest BCUT2D eigenvalue weighted by atomic mass is 16.5. The van der Waals surface area contributed by atoms with Gasteiger partial charge in [-0.2, -0.15) is 0 Å². The molecule has 2 nitrogen and oxygen atoms in total. The van der Waals surface area contributed by atoms with Crippen molar-refractivity contribution in [3.63, 3.8) is 0 Å². The van der Waals surface area contributed by atoms with Crippen molar-refractivity contribution in [1.29, 1.82) is 0 Å². The third-order valence-corrected chi connectivity index (χ3v) is 3.63. The lowest BCUT2D eigenvalue weighted by atomic mass is 9.67. The molecule has 0 spiro atoms. The monoisotopic (exact) mass is 222 g/mol. The predicted octanol–water partition coefficient (Wildman–Crippen LogP) is 3.49. The number of hydrogen-bond acceptors (Lipinski definition) is 2. The Labute approximate surface area is 98.4 Å². The average Bonchev–Trinajstić information content (AvgIpc) is 2.21. The molecule has 0 amide bonds. The van der Waals surface area contributed by atoms with Crippen molar-refractivity contribution < 1.29 is 9.53 Å². The molecule has 2 heteroatoms. The van der Waals surface area contributed by atoms with Gasteiger partial charge in [-0.05, 0) is 32.1 Å². The third-order valence-electron chi connectivity index (χ3n) is 3.63. The van der Waals surface area contributed by atoms with E-state index in [1.54, 1.807) is 0 Å². The van der Waals surface area contributed by atoms with Crippen molar-refractivity contribution in [2.24, 2.45) is 11.3 Å². The highest BCUT2D eigenvalue weighted by molar-refractivity contribution is 5.65. The maximum Gasteiger partial charge on any atom is 0.302 e. The van der Waals surface area contributed by atoms with Gasteiger partial charge in [0, 0.05) is 12.3 Å². The fourth-order valence-corrected chi connectivity index (χ4v) is 2.44. The van der Waals surface area contributed by atoms with E-state index in [1.807, 2.05) is 6.08 Å². The Kier molecular flexibility index (Phi) is 4.34. The Morgan fingerprint density at radius 2 is 2.44 bits per heavy atom. The fourth-order valence-electron chi connectivity index (χ4n) is 2.44. The van der Waals surface area contributed by atoms with Crippen molar-refractivity contribution >= 4 is 5.97 Å². The van der Waals surface area contributed by atoms with E-state index in [4.69, 9.17) is 4.74 Å². The molecule has 1 aliphatic carbocycles. The van der Waals surface area contributed by atoms with Crippen LogP contribution in [0.4, 0.5) is 0 Å². The van der Waals surface area contributed by atoms with Crippen LogP contribution in [0.1, 0.15) is 40.0 Å². The van der Waals surface area contributed by atoms with Crippen LogP contribution in [-0.2, 0) is 9.53 Å². The van der Waals surface area contributed by atoms with Crippen molar-refractivity contribution in [1.82, 2.24) is 0 Å². The van der Waals surface area contributed by atoms with Gasteiger partial charge in [0.25, 0.3) is 0 Å². The molecule has 0 aliphatic heterocycles. The summed E-state index contributed by atoms with van der Waals surface area (Å²) in [6, 6.07) is 0. The van der Waals surface area contributed by atoms with Gasteiger partial charge in [0.15, 0.2) is 0 Å². The molecule has 0 radical (unpaired) electrons. The van der Waals surface area contributed by atoms with Gasteiger partial charge in [0.05, 0.1) is 6.61 Å². The summed E-state index contributed by atoms with van der Waals surface area (Å²) in [5.74, 6) is 0.250. The minimum atomic E-state index is -0.193. The molecule has 0 saturated carbocycles. The summed E-state index contributed by atoms with van der Waals surface area (Å²) in [7, 11) is 0. The lowest BCUT2D eigenvalue weighted by Gasteiger charge is -2.40. The largest absolute Gasteiger partial charge is 0.465 e. The van der Waals surface area contributed by atoms with Crippen molar-refractivity contribution in [3.8, 4) is 0 Å². The number of carbonyl (C=O) groups excluding carboxylic acids is 1. The predicted molar refractivity (Wildman–Crippen MR) is 66.0 cm³/mol. The minimum Gasteiger partial charge on any atom is -0.465 e. The smallest absolute Gasteiger partial charge is 0.302 e. The molecular formula is C14H22O2. The Bertz CT molecular complexity index is 304. The summed E-state index contributed by atoms with van der Waals surface area (Å²) >= 11 is 0. The van der Waals surface area contributed by atoms with Crippen LogP contribution in [0.3, 0.4) is 0 Å². The molecule has 0 aromatic rings. The number of hydrogen-bond donors (Lipinski definition) is 0. The van der Waals surface area contributed by atoms with Crippen molar-refractivity contribution in [2.45, 2.75) is 40.0 Å². The van der Waals surface area contributed by atoms with Crippen LogP contribution in [-0.4, -0.2) is 12.6 Å². The van der Waals surface area contributed by atoms with Gasteiger partial charge in [-0.1, -0.05) is 24.6 Å². The Balaban J connectivity index is 2.79. The summed E-state index contributed by atoms with van der Waals surface area (Å²) in [5, 5.41) is 0. The third kappa shape index (κ3) is 2.97. The fraction of sp³-hybridized carbons (Fsp3) is 0.643. The standard InChI is InChI=1S/C14H22O2/c1-5-7-14(10-16-13(4)15)8-6-11(2)9-12(14)3/h5,9,12H,1,6-8,10H2,2-4H3. The number of ether oxygens (including phenoxy) is 1. The first-order valence-electron chi connectivity index (χ1n) is 5.92. The molecule has 16 heavy (non-hydrogen) atoms. The van der Waals surface area contributed by atoms with E-state index in [2.05, 4.69) is 26.5 Å². The number of carbonyl (C=O) groups is 1. The zero-order valence-electron chi connectivity index (χ0n) is 10.6. The van der Waals surface area contributed by atoms with E-state index in [1.165, 1.54) is 12.5 Å². The normalized spacial score (nSPS) is 29.4. The van der Waals surface area contributed by atoms with Crippen LogP contribution in [0.2, 0.25) is 0 Å². The Morgan fingerprint density at radius 3 is 2.94 bits per heavy atom. The van der Waals surface area contributed by atoms with Crippen LogP contribution < -0.4 is 0 Å². The minimum absolute atomic E-state index is 0.0624. The second-order valence-corrected chi connectivity index (χ2v) is 4.94. The van der Waals surface area contributed by atoms with Gasteiger partial charge < -0.3 is 4.74 Å². The van der Waals surface area contributed by atoms with Gasteiger partial charge in [0.1, 0.15) is 0 Å². The average molecular weight is 222 g/mol. The molecule has 0 heterocycles. The summed E-state index contributed by atoms with van der Waals surface area (Å²) in [4.78, 5) is 10.9. The SMILES string of the molecule is C=CCC1(COC(C)=O)CCC(C)=CC1C. The van der Waals surface area contributed by atoms with E-state index >= 15 is 0 Å². The molecule has 1 rings (SSSR count). The summed E-state index contributed by atoms with van der Waals surface area (Å²) < 4.78 is 5.23. The second kappa shape index (κ2) is 5.33. The first kappa shape index (κ1) is 13.0. The Morgan fingerprint density at radius 1 is 1.75 bits per heavy atom. The zero-order chi connectivity index (χ0) is 12.2. The topological polar surface area (TPSA) is 26.3 Å². The summed E-state index contributed by atoms with van der Waals surface area (Å²) in [6.07, 6.45) is 7.32. The molecule has 2 unspecified atom stereocenters. The van der Waals surface area contributed by atoms with Gasteiger partial charge in [-0.15, -0.1) is 6.58 Å². The molecule has 0 aromatic heterocycles. The quantitative estimate of drug-likeness (QED) is 0.537. The molecule has 0 N–H and O–H groups in total. The maximum atomic E-state index is 10.9. The zero-order valence-corrected chi connectivity index (χ0v) is 10.6. The lowest BCUT2D eigenvalue weighted by Crippen LogP contribution is -2.35. The first-order valence-corrected chi connectivity index (χ1v) is 5.92. The van der Waals surface area contributed by atoms with Crippen LogP contribution >= 0.6 is 0 Å². The van der Waals surface area contributed by atoms with E-state index < -0.39 is 0 Å². The number of allylic oxidation sites excluding steroid dienone is 3. The van der Waals surface area contributed by atoms with Gasteiger partial charge >= 0.3 is 5.97 Å². The highest BCUT2D eigenvalue weighted by Crippen LogP contribution is 2.43. The highest BCUT2D eigenvalue weighted by Gasteiger charge is 2.37. The van der Waals surface area contributed by atoms with E-state index in [9.17, 15) is 4.79 Å². The van der Waals surface area contributed by atoms with Crippen LogP contribution in [0.5, 0.6) is 0 Å². The van der Waals surface area contributed by atoms with Crippen molar-refractivity contribution in [2.75, 3.05) is 6.61 Å². The van der Waals surface area contributed by atoms with E-state index in [0.29, 0.717) is 12.5 Å². The van der Waals surface area contributed by atoms with Crippen LogP contribution in [0.15, 0.2) is 24.3 Å². The van der Waals surface area contributed by atoms with Gasteiger partial charge in [0.2, 0.25) is 0 Å². The molecule has 0 bridgehead atoms. The lowest BCUT2D eigenvalue weighted by molar-refractivity contribution is -0.145. The van der Waals surface area contributed by atoms with Crippen LogP contribution in [0.25, 0.3) is 0 Å². The summed E-state index contributed by atoms with van der Waals surface area (Å²) in [6.45, 7) is 10.2. The second-order valence-electron chi connectivity index (χ2n) is 4.94. The molecule has 0 saturated heterocycles.